The molecule has 1 aromatic carbocycles. The number of hydrogen-bond acceptors (Lipinski definition) is 2. The summed E-state index contributed by atoms with van der Waals surface area (Å²) >= 11 is 14.4. The van der Waals surface area contributed by atoms with Crippen molar-refractivity contribution in [3.8, 4) is 0 Å². The number of rotatable bonds is 2. The van der Waals surface area contributed by atoms with E-state index in [9.17, 15) is 5.11 Å². The van der Waals surface area contributed by atoms with E-state index in [0.29, 0.717) is 10.6 Å². The van der Waals surface area contributed by atoms with Gasteiger partial charge in [-0.25, -0.2) is 0 Å². The summed E-state index contributed by atoms with van der Waals surface area (Å²) in [5.74, 6) is 0. The molecule has 0 aliphatic carbocycles. The van der Waals surface area contributed by atoms with Gasteiger partial charge < -0.3 is 5.11 Å². The molecule has 16 heavy (non-hydrogen) atoms. The first kappa shape index (κ1) is 12.6. The van der Waals surface area contributed by atoms with Crippen molar-refractivity contribution < 1.29 is 5.11 Å². The fourth-order valence-corrected chi connectivity index (χ4v) is 3.53. The van der Waals surface area contributed by atoms with E-state index in [0.717, 1.165) is 14.5 Å². The molecule has 2 aromatic rings. The third-order valence-electron chi connectivity index (χ3n) is 2.21. The molecule has 1 unspecified atom stereocenters. The van der Waals surface area contributed by atoms with E-state index >= 15 is 0 Å². The monoisotopic (exact) mass is 380 g/mol. The molecule has 0 spiro atoms. The number of aliphatic hydroxyl groups excluding tert-OH is 1. The molecular formula is C11H7Br2ClOS. The molecular weight excluding hydrogens is 375 g/mol. The molecule has 0 saturated heterocycles. The largest absolute Gasteiger partial charge is 0.384 e. The van der Waals surface area contributed by atoms with E-state index in [1.165, 1.54) is 11.3 Å². The Kier molecular flexibility index (Phi) is 4.08. The van der Waals surface area contributed by atoms with Gasteiger partial charge in [-0.1, -0.05) is 23.7 Å². The van der Waals surface area contributed by atoms with E-state index in [1.54, 1.807) is 0 Å². The standard InChI is InChI=1S/C11H7Br2ClOS/c12-8-3-1-2-6(10(8)14)11(15)7-4-16-5-9(7)13/h1-5,11,15H. The van der Waals surface area contributed by atoms with Crippen LogP contribution in [-0.4, -0.2) is 5.11 Å². The molecule has 1 heterocycles. The molecule has 0 aliphatic rings. The molecule has 1 aromatic heterocycles. The van der Waals surface area contributed by atoms with Crippen molar-refractivity contribution >= 4 is 54.8 Å². The molecule has 0 saturated carbocycles. The Bertz CT molecular complexity index is 512. The molecule has 1 nitrogen and oxygen atoms in total. The van der Waals surface area contributed by atoms with Crippen molar-refractivity contribution in [1.82, 2.24) is 0 Å². The molecule has 0 aliphatic heterocycles. The fraction of sp³-hybridized carbons (Fsp3) is 0.0909. The maximum Gasteiger partial charge on any atom is 0.107 e. The topological polar surface area (TPSA) is 20.2 Å². The summed E-state index contributed by atoms with van der Waals surface area (Å²) in [5, 5.41) is 14.6. The van der Waals surface area contributed by atoms with Crippen LogP contribution in [0.4, 0.5) is 0 Å². The highest BCUT2D eigenvalue weighted by Crippen LogP contribution is 2.36. The van der Waals surface area contributed by atoms with E-state index in [1.807, 2.05) is 29.0 Å². The predicted molar refractivity (Wildman–Crippen MR) is 75.2 cm³/mol. The first-order chi connectivity index (χ1) is 7.61. The number of hydrogen-bond donors (Lipinski definition) is 1. The van der Waals surface area contributed by atoms with Gasteiger partial charge in [0, 0.05) is 25.5 Å². The molecule has 1 N–H and O–H groups in total. The molecule has 0 radical (unpaired) electrons. The number of aliphatic hydroxyl groups is 1. The lowest BCUT2D eigenvalue weighted by Gasteiger charge is -2.13. The Hall–Kier alpha value is 0.130. The minimum Gasteiger partial charge on any atom is -0.384 e. The Morgan fingerprint density at radius 1 is 1.12 bits per heavy atom. The second-order valence-corrected chi connectivity index (χ2v) is 6.05. The lowest BCUT2D eigenvalue weighted by atomic mass is 10.0. The van der Waals surface area contributed by atoms with E-state index in [4.69, 9.17) is 11.6 Å². The predicted octanol–water partition coefficient (Wildman–Crippen LogP) is 5.01. The average Bonchev–Trinajstić information content (AvgIpc) is 2.68. The molecule has 5 heteroatoms. The summed E-state index contributed by atoms with van der Waals surface area (Å²) in [7, 11) is 0. The van der Waals surface area contributed by atoms with Crippen molar-refractivity contribution in [2.24, 2.45) is 0 Å². The minimum absolute atomic E-state index is 0.549. The average molecular weight is 383 g/mol. The van der Waals surface area contributed by atoms with E-state index in [-0.39, 0.29) is 0 Å². The van der Waals surface area contributed by atoms with Gasteiger partial charge in [0.1, 0.15) is 6.10 Å². The molecule has 0 fully saturated rings. The summed E-state index contributed by atoms with van der Waals surface area (Å²) < 4.78 is 1.69. The van der Waals surface area contributed by atoms with Gasteiger partial charge in [-0.3, -0.25) is 0 Å². The summed E-state index contributed by atoms with van der Waals surface area (Å²) in [5.41, 5.74) is 1.54. The van der Waals surface area contributed by atoms with Crippen LogP contribution in [0.1, 0.15) is 17.2 Å². The molecule has 1 atom stereocenters. The van der Waals surface area contributed by atoms with Crippen LogP contribution in [0.25, 0.3) is 0 Å². The lowest BCUT2D eigenvalue weighted by molar-refractivity contribution is 0.220. The van der Waals surface area contributed by atoms with Gasteiger partial charge in [0.15, 0.2) is 0 Å². The molecule has 0 amide bonds. The van der Waals surface area contributed by atoms with Crippen LogP contribution >= 0.6 is 54.8 Å². The van der Waals surface area contributed by atoms with Crippen molar-refractivity contribution in [1.29, 1.82) is 0 Å². The highest BCUT2D eigenvalue weighted by molar-refractivity contribution is 9.10. The Labute approximate surface area is 119 Å². The van der Waals surface area contributed by atoms with Crippen molar-refractivity contribution in [3.05, 3.63) is 54.1 Å². The van der Waals surface area contributed by atoms with Crippen LogP contribution in [0.3, 0.4) is 0 Å². The second kappa shape index (κ2) is 5.19. The molecule has 2 rings (SSSR count). The summed E-state index contributed by atoms with van der Waals surface area (Å²) in [4.78, 5) is 0. The van der Waals surface area contributed by atoms with E-state index in [2.05, 4.69) is 31.9 Å². The van der Waals surface area contributed by atoms with Crippen LogP contribution in [0.15, 0.2) is 37.9 Å². The van der Waals surface area contributed by atoms with Crippen molar-refractivity contribution in [2.75, 3.05) is 0 Å². The Morgan fingerprint density at radius 2 is 1.88 bits per heavy atom. The highest BCUT2D eigenvalue weighted by Gasteiger charge is 2.18. The van der Waals surface area contributed by atoms with Gasteiger partial charge in [0.05, 0.1) is 5.02 Å². The van der Waals surface area contributed by atoms with Gasteiger partial charge >= 0.3 is 0 Å². The van der Waals surface area contributed by atoms with Crippen LogP contribution in [0.5, 0.6) is 0 Å². The fourth-order valence-electron chi connectivity index (χ4n) is 1.39. The third-order valence-corrected chi connectivity index (χ3v) is 5.28. The maximum absolute atomic E-state index is 10.2. The van der Waals surface area contributed by atoms with Crippen LogP contribution in [0.2, 0.25) is 5.02 Å². The van der Waals surface area contributed by atoms with Crippen molar-refractivity contribution in [3.63, 3.8) is 0 Å². The van der Waals surface area contributed by atoms with Gasteiger partial charge in [-0.2, -0.15) is 11.3 Å². The SMILES string of the molecule is OC(c1cscc1Br)c1cccc(Br)c1Cl. The number of thiophene rings is 1. The first-order valence-electron chi connectivity index (χ1n) is 4.45. The zero-order chi connectivity index (χ0) is 11.7. The Morgan fingerprint density at radius 3 is 2.50 bits per heavy atom. The van der Waals surface area contributed by atoms with Gasteiger partial charge in [0.25, 0.3) is 0 Å². The normalized spacial score (nSPS) is 12.8. The summed E-state index contributed by atoms with van der Waals surface area (Å²) in [6.45, 7) is 0. The summed E-state index contributed by atoms with van der Waals surface area (Å²) in [6, 6.07) is 5.53. The minimum atomic E-state index is -0.703. The highest BCUT2D eigenvalue weighted by atomic mass is 79.9. The smallest absolute Gasteiger partial charge is 0.107 e. The zero-order valence-electron chi connectivity index (χ0n) is 7.95. The van der Waals surface area contributed by atoms with Crippen molar-refractivity contribution in [2.45, 2.75) is 6.10 Å². The second-order valence-electron chi connectivity index (χ2n) is 3.22. The zero-order valence-corrected chi connectivity index (χ0v) is 12.7. The first-order valence-corrected chi connectivity index (χ1v) is 7.35. The molecule has 0 bridgehead atoms. The Balaban J connectivity index is 2.46. The lowest BCUT2D eigenvalue weighted by Crippen LogP contribution is -1.99. The number of benzene rings is 1. The maximum atomic E-state index is 10.2. The number of halogens is 3. The summed E-state index contributed by atoms with van der Waals surface area (Å²) in [6.07, 6.45) is -0.703. The van der Waals surface area contributed by atoms with E-state index < -0.39 is 6.10 Å². The van der Waals surface area contributed by atoms with Gasteiger partial charge in [-0.15, -0.1) is 0 Å². The molecule has 84 valence electrons. The van der Waals surface area contributed by atoms with Crippen LogP contribution < -0.4 is 0 Å². The van der Waals surface area contributed by atoms with Gasteiger partial charge in [-0.05, 0) is 43.3 Å². The van der Waals surface area contributed by atoms with Crippen LogP contribution in [0, 0.1) is 0 Å². The van der Waals surface area contributed by atoms with Gasteiger partial charge in [0.2, 0.25) is 0 Å². The third kappa shape index (κ3) is 2.36. The quantitative estimate of drug-likeness (QED) is 0.774. The van der Waals surface area contributed by atoms with Crippen LogP contribution in [-0.2, 0) is 0 Å².